The van der Waals surface area contributed by atoms with Crippen molar-refractivity contribution in [2.75, 3.05) is 5.73 Å². The van der Waals surface area contributed by atoms with Gasteiger partial charge in [0.2, 0.25) is 5.95 Å². The highest BCUT2D eigenvalue weighted by atomic mass is 15.3. The van der Waals surface area contributed by atoms with E-state index >= 15 is 0 Å². The Hall–Kier alpha value is -1.62. The Morgan fingerprint density at radius 3 is 2.71 bits per heavy atom. The van der Waals surface area contributed by atoms with Gasteiger partial charge in [-0.05, 0) is 25.0 Å². The molecule has 1 fully saturated rings. The van der Waals surface area contributed by atoms with E-state index in [4.69, 9.17) is 5.73 Å². The molecule has 2 aromatic heterocycles. The zero-order valence-corrected chi connectivity index (χ0v) is 9.97. The Kier molecular flexibility index (Phi) is 3.28. The molecule has 5 N–H and O–H groups in total. The van der Waals surface area contributed by atoms with Crippen molar-refractivity contribution in [1.29, 1.82) is 0 Å². The van der Waals surface area contributed by atoms with Gasteiger partial charge >= 0.3 is 0 Å². The summed E-state index contributed by atoms with van der Waals surface area (Å²) in [6, 6.07) is 6.15. The molecule has 92 valence electrons. The minimum absolute atomic E-state index is 0. The molecule has 0 saturated heterocycles. The van der Waals surface area contributed by atoms with E-state index in [1.807, 2.05) is 16.6 Å². The monoisotopic (exact) mass is 233 g/mol. The summed E-state index contributed by atoms with van der Waals surface area (Å²) in [5, 5.41) is 4.27. The normalized spacial score (nSPS) is 16.9. The van der Waals surface area contributed by atoms with Gasteiger partial charge in [0.1, 0.15) is 0 Å². The van der Waals surface area contributed by atoms with Crippen molar-refractivity contribution in [3.05, 3.63) is 23.9 Å². The maximum atomic E-state index is 5.65. The van der Waals surface area contributed by atoms with Gasteiger partial charge in [0, 0.05) is 11.6 Å². The Morgan fingerprint density at radius 2 is 1.94 bits per heavy atom. The van der Waals surface area contributed by atoms with E-state index in [1.165, 1.54) is 37.8 Å². The molecule has 5 nitrogen and oxygen atoms in total. The molecule has 0 bridgehead atoms. The first-order valence-corrected chi connectivity index (χ1v) is 5.96. The second kappa shape index (κ2) is 4.71. The predicted molar refractivity (Wildman–Crippen MR) is 68.2 cm³/mol. The number of rotatable bonds is 1. The van der Waals surface area contributed by atoms with Crippen LogP contribution in [-0.2, 0) is 0 Å². The van der Waals surface area contributed by atoms with Crippen molar-refractivity contribution in [3.8, 4) is 0 Å². The number of nitrogen functional groups attached to an aromatic ring is 1. The van der Waals surface area contributed by atoms with Crippen LogP contribution in [0, 0.1) is 0 Å². The van der Waals surface area contributed by atoms with E-state index in [1.54, 1.807) is 0 Å². The summed E-state index contributed by atoms with van der Waals surface area (Å²) in [5.41, 5.74) is 7.77. The third kappa shape index (κ3) is 2.10. The highest BCUT2D eigenvalue weighted by Gasteiger charge is 2.18. The lowest BCUT2D eigenvalue weighted by atomic mass is 9.87. The smallest absolute Gasteiger partial charge is 0.240 e. The molecule has 17 heavy (non-hydrogen) atoms. The van der Waals surface area contributed by atoms with Crippen LogP contribution in [0.2, 0.25) is 0 Å². The Labute approximate surface area is 101 Å². The Bertz CT molecular complexity index is 499. The van der Waals surface area contributed by atoms with Gasteiger partial charge in [-0.3, -0.25) is 0 Å². The van der Waals surface area contributed by atoms with Gasteiger partial charge < -0.3 is 11.9 Å². The maximum absolute atomic E-state index is 5.65. The molecule has 0 atom stereocenters. The first kappa shape index (κ1) is 11.9. The minimum Gasteiger partial charge on any atom is -0.366 e. The molecule has 0 radical (unpaired) electrons. The molecule has 0 aromatic carbocycles. The summed E-state index contributed by atoms with van der Waals surface area (Å²) in [5.74, 6) is 0.988. The molecule has 0 aliphatic heterocycles. The number of pyridine rings is 1. The molecule has 0 amide bonds. The summed E-state index contributed by atoms with van der Waals surface area (Å²) >= 11 is 0. The predicted octanol–water partition coefficient (Wildman–Crippen LogP) is 2.52. The van der Waals surface area contributed by atoms with E-state index in [-0.39, 0.29) is 6.15 Å². The van der Waals surface area contributed by atoms with Crippen LogP contribution in [0.5, 0.6) is 0 Å². The number of hydrogen-bond donors (Lipinski definition) is 2. The molecule has 0 spiro atoms. The van der Waals surface area contributed by atoms with Crippen molar-refractivity contribution < 1.29 is 0 Å². The number of nitrogens with zero attached hydrogens (tertiary/aromatic N) is 3. The molecule has 3 rings (SSSR count). The molecule has 1 saturated carbocycles. The van der Waals surface area contributed by atoms with Crippen LogP contribution in [0.4, 0.5) is 5.95 Å². The van der Waals surface area contributed by atoms with Crippen LogP contribution in [0.3, 0.4) is 0 Å². The van der Waals surface area contributed by atoms with E-state index < -0.39 is 0 Å². The van der Waals surface area contributed by atoms with Gasteiger partial charge in [0.05, 0.1) is 0 Å². The van der Waals surface area contributed by atoms with Crippen molar-refractivity contribution in [2.24, 2.45) is 0 Å². The lowest BCUT2D eigenvalue weighted by Gasteiger charge is -2.21. The third-order valence-electron chi connectivity index (χ3n) is 3.43. The van der Waals surface area contributed by atoms with Gasteiger partial charge in [-0.25, -0.2) is 4.52 Å². The van der Waals surface area contributed by atoms with Crippen molar-refractivity contribution in [2.45, 2.75) is 38.0 Å². The number of aromatic nitrogens is 3. The fraction of sp³-hybridized carbons (Fsp3) is 0.500. The highest BCUT2D eigenvalue weighted by molar-refractivity contribution is 5.43. The van der Waals surface area contributed by atoms with Crippen molar-refractivity contribution in [3.63, 3.8) is 0 Å². The van der Waals surface area contributed by atoms with Gasteiger partial charge in [0.15, 0.2) is 5.65 Å². The molecule has 2 heterocycles. The second-order valence-corrected chi connectivity index (χ2v) is 4.53. The molecule has 1 aliphatic rings. The van der Waals surface area contributed by atoms with Crippen molar-refractivity contribution in [1.82, 2.24) is 20.7 Å². The number of anilines is 1. The molecule has 0 unspecified atom stereocenters. The molecule has 2 aromatic rings. The second-order valence-electron chi connectivity index (χ2n) is 4.53. The van der Waals surface area contributed by atoms with Crippen molar-refractivity contribution >= 4 is 11.6 Å². The van der Waals surface area contributed by atoms with Gasteiger partial charge in [-0.2, -0.15) is 4.98 Å². The van der Waals surface area contributed by atoms with E-state index in [0.29, 0.717) is 11.9 Å². The summed E-state index contributed by atoms with van der Waals surface area (Å²) in [4.78, 5) is 4.20. The highest BCUT2D eigenvalue weighted by Crippen LogP contribution is 2.32. The lowest BCUT2D eigenvalue weighted by molar-refractivity contribution is 0.431. The molecule has 5 heteroatoms. The quantitative estimate of drug-likeness (QED) is 0.791. The van der Waals surface area contributed by atoms with Gasteiger partial charge in [0.25, 0.3) is 0 Å². The van der Waals surface area contributed by atoms with Crippen LogP contribution >= 0.6 is 0 Å². The zero-order valence-electron chi connectivity index (χ0n) is 9.97. The fourth-order valence-corrected chi connectivity index (χ4v) is 2.65. The summed E-state index contributed by atoms with van der Waals surface area (Å²) < 4.78 is 1.91. The minimum atomic E-state index is 0. The topological polar surface area (TPSA) is 91.2 Å². The molecular formula is C12H19N5. The number of nitrogens with two attached hydrogens (primary N) is 1. The number of fused-ring (bicyclic) bond motifs is 1. The van der Waals surface area contributed by atoms with E-state index in [0.717, 1.165) is 5.65 Å². The van der Waals surface area contributed by atoms with Crippen LogP contribution in [0.25, 0.3) is 5.65 Å². The van der Waals surface area contributed by atoms with E-state index in [9.17, 15) is 0 Å². The van der Waals surface area contributed by atoms with Crippen LogP contribution in [-0.4, -0.2) is 14.6 Å². The summed E-state index contributed by atoms with van der Waals surface area (Å²) in [7, 11) is 0. The lowest BCUT2D eigenvalue weighted by Crippen LogP contribution is -2.09. The van der Waals surface area contributed by atoms with E-state index in [2.05, 4.69) is 16.1 Å². The Balaban J connectivity index is 0.00000108. The first-order chi connectivity index (χ1) is 7.84. The average Bonchev–Trinajstić information content (AvgIpc) is 2.70. The zero-order chi connectivity index (χ0) is 11.0. The fourth-order valence-electron chi connectivity index (χ4n) is 2.65. The molecular weight excluding hydrogens is 214 g/mol. The third-order valence-corrected chi connectivity index (χ3v) is 3.43. The number of hydrogen-bond acceptors (Lipinski definition) is 4. The molecule has 1 aliphatic carbocycles. The Morgan fingerprint density at radius 1 is 1.18 bits per heavy atom. The SMILES string of the molecule is N.Nc1nc2cccc(C3CCCCC3)n2n1. The van der Waals surface area contributed by atoms with Gasteiger partial charge in [-0.15, -0.1) is 5.10 Å². The standard InChI is InChI=1S/C12H16N4.H3N/c13-12-14-11-8-4-7-10(16(11)15-12)9-5-2-1-3-6-9;/h4,7-9H,1-3,5-6H2,(H2,13,15);1H3. The maximum Gasteiger partial charge on any atom is 0.240 e. The first-order valence-electron chi connectivity index (χ1n) is 5.96. The van der Waals surface area contributed by atoms with Gasteiger partial charge in [-0.1, -0.05) is 25.3 Å². The summed E-state index contributed by atoms with van der Waals surface area (Å²) in [6.07, 6.45) is 6.54. The van der Waals surface area contributed by atoms with Crippen LogP contribution in [0.15, 0.2) is 18.2 Å². The van der Waals surface area contributed by atoms with Crippen LogP contribution < -0.4 is 11.9 Å². The van der Waals surface area contributed by atoms with Crippen LogP contribution in [0.1, 0.15) is 43.7 Å². The summed E-state index contributed by atoms with van der Waals surface area (Å²) in [6.45, 7) is 0. The largest absolute Gasteiger partial charge is 0.366 e. The average molecular weight is 233 g/mol.